The number of ether oxygens (including phenoxy) is 1. The van der Waals surface area contributed by atoms with Gasteiger partial charge in [0.05, 0.1) is 19.1 Å². The molecule has 1 saturated carbocycles. The minimum atomic E-state index is 0.0375. The molecular formula is C13H25N3O2. The van der Waals surface area contributed by atoms with Crippen LogP contribution in [0.4, 0.5) is 0 Å². The molecule has 1 aliphatic carbocycles. The van der Waals surface area contributed by atoms with Crippen LogP contribution < -0.4 is 10.6 Å². The lowest BCUT2D eigenvalue weighted by molar-refractivity contribution is -0.125. The Morgan fingerprint density at radius 2 is 2.28 bits per heavy atom. The van der Waals surface area contributed by atoms with Crippen molar-refractivity contribution >= 4 is 5.91 Å². The lowest BCUT2D eigenvalue weighted by atomic mass is 9.75. The van der Waals surface area contributed by atoms with E-state index in [4.69, 9.17) is 4.74 Å². The zero-order chi connectivity index (χ0) is 13.0. The Balaban J connectivity index is 1.70. The molecule has 1 heterocycles. The molecule has 2 N–H and O–H groups in total. The van der Waals surface area contributed by atoms with Gasteiger partial charge in [-0.05, 0) is 33.4 Å². The zero-order valence-electron chi connectivity index (χ0n) is 11.5. The van der Waals surface area contributed by atoms with Crippen LogP contribution in [0.25, 0.3) is 0 Å². The maximum atomic E-state index is 11.9. The van der Waals surface area contributed by atoms with Gasteiger partial charge in [0.2, 0.25) is 5.91 Å². The summed E-state index contributed by atoms with van der Waals surface area (Å²) in [6.07, 6.45) is 4.14. The van der Waals surface area contributed by atoms with Gasteiger partial charge in [-0.3, -0.25) is 4.79 Å². The van der Waals surface area contributed by atoms with Crippen molar-refractivity contribution in [3.8, 4) is 0 Å². The number of carbonyl (C=O) groups is 1. The summed E-state index contributed by atoms with van der Waals surface area (Å²) in [4.78, 5) is 14.1. The van der Waals surface area contributed by atoms with Crippen molar-refractivity contribution in [3.05, 3.63) is 0 Å². The highest BCUT2D eigenvalue weighted by Crippen LogP contribution is 2.35. The van der Waals surface area contributed by atoms with Crippen LogP contribution in [0.2, 0.25) is 0 Å². The highest BCUT2D eigenvalue weighted by molar-refractivity contribution is 5.76. The predicted molar refractivity (Wildman–Crippen MR) is 70.5 cm³/mol. The molecule has 0 bridgehead atoms. The Hall–Kier alpha value is -0.650. The van der Waals surface area contributed by atoms with Gasteiger partial charge in [-0.25, -0.2) is 0 Å². The number of morpholine rings is 1. The second kappa shape index (κ2) is 5.99. The fourth-order valence-electron chi connectivity index (χ4n) is 2.66. The van der Waals surface area contributed by atoms with E-state index in [0.29, 0.717) is 13.0 Å². The number of amides is 1. The third-order valence-electron chi connectivity index (χ3n) is 4.27. The smallest absolute Gasteiger partial charge is 0.222 e. The molecule has 0 aromatic carbocycles. The number of nitrogens with one attached hydrogen (secondary N) is 2. The maximum absolute atomic E-state index is 11.9. The number of likely N-dealkylation sites (N-methyl/N-ethyl adjacent to an activating group) is 1. The van der Waals surface area contributed by atoms with Crippen LogP contribution in [0.3, 0.4) is 0 Å². The molecule has 0 spiro atoms. The molecule has 0 radical (unpaired) electrons. The van der Waals surface area contributed by atoms with Gasteiger partial charge in [0.15, 0.2) is 0 Å². The average Bonchev–Trinajstić information content (AvgIpc) is 2.28. The van der Waals surface area contributed by atoms with E-state index in [0.717, 1.165) is 19.6 Å². The van der Waals surface area contributed by atoms with Gasteiger partial charge in [0, 0.05) is 25.2 Å². The fraction of sp³-hybridized carbons (Fsp3) is 0.923. The molecule has 1 saturated heterocycles. The quantitative estimate of drug-likeness (QED) is 0.724. The monoisotopic (exact) mass is 255 g/mol. The van der Waals surface area contributed by atoms with Crippen LogP contribution in [0.5, 0.6) is 0 Å². The standard InChI is InChI=1S/C13H25N3O2/c1-16(2)13(4-3-5-13)10-15-12(17)8-11-9-14-6-7-18-11/h11,14H,3-10H2,1-2H3,(H,15,17). The predicted octanol–water partition coefficient (Wildman–Crippen LogP) is -0.0346. The van der Waals surface area contributed by atoms with E-state index in [1.54, 1.807) is 0 Å². The van der Waals surface area contributed by atoms with Crippen molar-refractivity contribution in [3.63, 3.8) is 0 Å². The van der Waals surface area contributed by atoms with Crippen LogP contribution in [0, 0.1) is 0 Å². The minimum absolute atomic E-state index is 0.0375. The summed E-state index contributed by atoms with van der Waals surface area (Å²) >= 11 is 0. The molecule has 1 amide bonds. The largest absolute Gasteiger partial charge is 0.375 e. The molecule has 2 aliphatic rings. The zero-order valence-corrected chi connectivity index (χ0v) is 11.5. The molecule has 104 valence electrons. The number of rotatable bonds is 5. The first-order valence-electron chi connectivity index (χ1n) is 6.89. The minimum Gasteiger partial charge on any atom is -0.375 e. The van der Waals surface area contributed by atoms with Gasteiger partial charge in [-0.15, -0.1) is 0 Å². The van der Waals surface area contributed by atoms with Gasteiger partial charge in [0.25, 0.3) is 0 Å². The molecule has 5 heteroatoms. The number of hydrogen-bond acceptors (Lipinski definition) is 4. The van der Waals surface area contributed by atoms with Crippen molar-refractivity contribution < 1.29 is 9.53 Å². The van der Waals surface area contributed by atoms with Gasteiger partial charge in [-0.2, -0.15) is 0 Å². The third kappa shape index (κ3) is 3.22. The van der Waals surface area contributed by atoms with Crippen LogP contribution in [0.15, 0.2) is 0 Å². The number of nitrogens with zero attached hydrogens (tertiary/aromatic N) is 1. The molecule has 1 aliphatic heterocycles. The Labute approximate surface area is 109 Å². The summed E-state index contributed by atoms with van der Waals surface area (Å²) in [5.74, 6) is 0.108. The normalized spacial score (nSPS) is 26.7. The Kier molecular flexibility index (Phi) is 4.59. The molecule has 1 atom stereocenters. The highest BCUT2D eigenvalue weighted by atomic mass is 16.5. The Morgan fingerprint density at radius 1 is 1.50 bits per heavy atom. The SMILES string of the molecule is CN(C)C1(CNC(=O)CC2CNCCO2)CCC1. The van der Waals surface area contributed by atoms with Crippen molar-refractivity contribution in [1.29, 1.82) is 0 Å². The first kappa shape index (κ1) is 13.8. The van der Waals surface area contributed by atoms with Gasteiger partial charge in [-0.1, -0.05) is 0 Å². The van der Waals surface area contributed by atoms with E-state index in [2.05, 4.69) is 29.6 Å². The summed E-state index contributed by atoms with van der Waals surface area (Å²) < 4.78 is 5.53. The van der Waals surface area contributed by atoms with Crippen molar-refractivity contribution in [1.82, 2.24) is 15.5 Å². The molecular weight excluding hydrogens is 230 g/mol. The lowest BCUT2D eigenvalue weighted by Crippen LogP contribution is -2.57. The average molecular weight is 255 g/mol. The lowest BCUT2D eigenvalue weighted by Gasteiger charge is -2.47. The topological polar surface area (TPSA) is 53.6 Å². The van der Waals surface area contributed by atoms with Crippen LogP contribution >= 0.6 is 0 Å². The maximum Gasteiger partial charge on any atom is 0.222 e. The molecule has 18 heavy (non-hydrogen) atoms. The molecule has 0 aromatic heterocycles. The fourth-order valence-corrected chi connectivity index (χ4v) is 2.66. The van der Waals surface area contributed by atoms with E-state index in [1.165, 1.54) is 19.3 Å². The van der Waals surface area contributed by atoms with Crippen molar-refractivity contribution in [2.45, 2.75) is 37.3 Å². The van der Waals surface area contributed by atoms with Crippen molar-refractivity contribution in [2.75, 3.05) is 40.3 Å². The van der Waals surface area contributed by atoms with Gasteiger partial charge < -0.3 is 20.3 Å². The summed E-state index contributed by atoms with van der Waals surface area (Å²) in [6, 6.07) is 0. The highest BCUT2D eigenvalue weighted by Gasteiger charge is 2.39. The molecule has 2 rings (SSSR count). The summed E-state index contributed by atoms with van der Waals surface area (Å²) in [5.41, 5.74) is 0.196. The number of hydrogen-bond donors (Lipinski definition) is 2. The van der Waals surface area contributed by atoms with Gasteiger partial charge >= 0.3 is 0 Å². The summed E-state index contributed by atoms with van der Waals surface area (Å²) in [7, 11) is 4.19. The third-order valence-corrected chi connectivity index (χ3v) is 4.27. The first-order chi connectivity index (χ1) is 8.62. The number of carbonyl (C=O) groups excluding carboxylic acids is 1. The van der Waals surface area contributed by atoms with Gasteiger partial charge in [0.1, 0.15) is 0 Å². The summed E-state index contributed by atoms with van der Waals surface area (Å²) in [5, 5.41) is 6.31. The first-order valence-corrected chi connectivity index (χ1v) is 6.89. The molecule has 2 fully saturated rings. The van der Waals surface area contributed by atoms with Crippen LogP contribution in [-0.2, 0) is 9.53 Å². The Bertz CT molecular complexity index is 284. The van der Waals surface area contributed by atoms with Crippen molar-refractivity contribution in [2.24, 2.45) is 0 Å². The molecule has 1 unspecified atom stereocenters. The van der Waals surface area contributed by atoms with E-state index < -0.39 is 0 Å². The van der Waals surface area contributed by atoms with E-state index in [-0.39, 0.29) is 17.6 Å². The van der Waals surface area contributed by atoms with Crippen LogP contribution in [0.1, 0.15) is 25.7 Å². The summed E-state index contributed by atoms with van der Waals surface area (Å²) in [6.45, 7) is 3.15. The second-order valence-corrected chi connectivity index (χ2v) is 5.65. The van der Waals surface area contributed by atoms with E-state index in [1.807, 2.05) is 0 Å². The van der Waals surface area contributed by atoms with E-state index in [9.17, 15) is 4.79 Å². The second-order valence-electron chi connectivity index (χ2n) is 5.65. The van der Waals surface area contributed by atoms with E-state index >= 15 is 0 Å². The molecule has 0 aromatic rings. The van der Waals surface area contributed by atoms with Crippen LogP contribution in [-0.4, -0.2) is 62.8 Å². The Morgan fingerprint density at radius 3 is 2.78 bits per heavy atom. The molecule has 5 nitrogen and oxygen atoms in total.